The van der Waals surface area contributed by atoms with Gasteiger partial charge < -0.3 is 0 Å². The molecule has 0 saturated carbocycles. The van der Waals surface area contributed by atoms with Crippen molar-refractivity contribution in [1.29, 1.82) is 5.26 Å². The second kappa shape index (κ2) is 3.54. The predicted molar refractivity (Wildman–Crippen MR) is 20.3 cm³/mol. The highest BCUT2D eigenvalue weighted by atomic mass is 19.3. The van der Waals surface area contributed by atoms with Crippen LogP contribution in [-0.4, -0.2) is 0 Å². The maximum absolute atomic E-state index is 11.0. The lowest BCUT2D eigenvalue weighted by atomic mass is 10.3. The van der Waals surface area contributed by atoms with Crippen LogP contribution >= 0.6 is 0 Å². The lowest BCUT2D eigenvalue weighted by Crippen LogP contribution is -1.75. The summed E-state index contributed by atoms with van der Waals surface area (Å²) in [7, 11) is 0. The molecule has 1 radical (unpaired) electrons. The summed E-state index contributed by atoms with van der Waals surface area (Å²) in [5.41, 5.74) is 0. The van der Waals surface area contributed by atoms with E-state index < -0.39 is 6.43 Å². The van der Waals surface area contributed by atoms with Crippen molar-refractivity contribution in [3.05, 3.63) is 6.43 Å². The lowest BCUT2D eigenvalue weighted by molar-refractivity contribution is 0.272. The van der Waals surface area contributed by atoms with E-state index in [2.05, 4.69) is 0 Å². The van der Waals surface area contributed by atoms with Crippen LogP contribution in [0.2, 0.25) is 0 Å². The van der Waals surface area contributed by atoms with Gasteiger partial charge in [-0.3, -0.25) is 0 Å². The molecule has 0 aromatic carbocycles. The molecule has 0 aliphatic carbocycles. The summed E-state index contributed by atoms with van der Waals surface area (Å²) in [4.78, 5) is 0. The number of halogens is 2. The fraction of sp³-hybridized carbons (Fsp3) is 0.500. The van der Waals surface area contributed by atoms with Crippen LogP contribution in [0.15, 0.2) is 0 Å². The zero-order chi connectivity index (χ0) is 5.70. The van der Waals surface area contributed by atoms with Crippen LogP contribution in [0.3, 0.4) is 0 Å². The van der Waals surface area contributed by atoms with Crippen LogP contribution in [-0.2, 0) is 0 Å². The second-order valence-electron chi connectivity index (χ2n) is 0.997. The molecule has 0 aromatic heterocycles. The number of hydrogen-bond acceptors (Lipinski definition) is 1. The third-order valence-corrected chi connectivity index (χ3v) is 0.426. The van der Waals surface area contributed by atoms with Crippen molar-refractivity contribution in [2.75, 3.05) is 0 Å². The first kappa shape index (κ1) is 6.35. The molecule has 0 aromatic rings. The fourth-order valence-corrected chi connectivity index (χ4v) is 0.150. The molecule has 7 heavy (non-hydrogen) atoms. The average molecular weight is 104 g/mol. The SMILES string of the molecule is N#CCC[C](F)F. The fourth-order valence-electron chi connectivity index (χ4n) is 0.150. The molecular formula is C4H4F2N. The Hall–Kier alpha value is -0.650. The molecular weight excluding hydrogens is 100 g/mol. The summed E-state index contributed by atoms with van der Waals surface area (Å²) in [6, 6.07) is 1.60. The van der Waals surface area contributed by atoms with E-state index in [-0.39, 0.29) is 12.8 Å². The van der Waals surface area contributed by atoms with Crippen molar-refractivity contribution < 1.29 is 8.78 Å². The Bertz CT molecular complexity index is 74.2. The maximum Gasteiger partial charge on any atom is 0.311 e. The highest BCUT2D eigenvalue weighted by molar-refractivity contribution is 4.73. The van der Waals surface area contributed by atoms with Gasteiger partial charge in [0.2, 0.25) is 0 Å². The van der Waals surface area contributed by atoms with Gasteiger partial charge in [0.1, 0.15) is 0 Å². The van der Waals surface area contributed by atoms with E-state index in [1.165, 1.54) is 0 Å². The van der Waals surface area contributed by atoms with Crippen LogP contribution < -0.4 is 0 Å². The van der Waals surface area contributed by atoms with E-state index in [0.717, 1.165) is 0 Å². The molecule has 0 N–H and O–H groups in total. The molecule has 3 heteroatoms. The number of nitriles is 1. The van der Waals surface area contributed by atoms with Crippen LogP contribution in [0.1, 0.15) is 12.8 Å². The summed E-state index contributed by atoms with van der Waals surface area (Å²) in [6.07, 6.45) is -2.12. The Labute approximate surface area is 40.6 Å². The van der Waals surface area contributed by atoms with Crippen LogP contribution in [0, 0.1) is 17.8 Å². The van der Waals surface area contributed by atoms with Crippen molar-refractivity contribution in [3.63, 3.8) is 0 Å². The van der Waals surface area contributed by atoms with Gasteiger partial charge in [0.05, 0.1) is 6.07 Å². The average Bonchev–Trinajstić information content (AvgIpc) is 1.61. The lowest BCUT2D eigenvalue weighted by Gasteiger charge is -1.83. The van der Waals surface area contributed by atoms with Crippen molar-refractivity contribution in [2.45, 2.75) is 12.8 Å². The summed E-state index contributed by atoms with van der Waals surface area (Å²) in [5.74, 6) is 0. The molecule has 0 amide bonds. The molecule has 0 fully saturated rings. The van der Waals surface area contributed by atoms with Gasteiger partial charge in [-0.25, -0.2) is 0 Å². The highest BCUT2D eigenvalue weighted by Gasteiger charge is 2.01. The minimum absolute atomic E-state index is 0.0810. The van der Waals surface area contributed by atoms with Gasteiger partial charge in [0.25, 0.3) is 0 Å². The van der Waals surface area contributed by atoms with Gasteiger partial charge in [0.15, 0.2) is 0 Å². The minimum Gasteiger partial charge on any atom is -0.200 e. The number of nitrogens with zero attached hydrogens (tertiary/aromatic N) is 1. The molecule has 0 aliphatic heterocycles. The molecule has 0 aliphatic rings. The molecule has 0 unspecified atom stereocenters. The van der Waals surface area contributed by atoms with Gasteiger partial charge >= 0.3 is 6.43 Å². The first-order valence-electron chi connectivity index (χ1n) is 1.81. The summed E-state index contributed by atoms with van der Waals surface area (Å²) in [5, 5.41) is 7.72. The summed E-state index contributed by atoms with van der Waals surface area (Å²) < 4.78 is 22.0. The molecule has 0 atom stereocenters. The van der Waals surface area contributed by atoms with Gasteiger partial charge in [-0.2, -0.15) is 14.0 Å². The standard InChI is InChI=1S/C4H4F2N/c5-4(6)2-1-3-7/h1-2H2. The minimum atomic E-state index is -1.67. The quantitative estimate of drug-likeness (QED) is 0.523. The van der Waals surface area contributed by atoms with Crippen molar-refractivity contribution >= 4 is 0 Å². The Morgan fingerprint density at radius 3 is 2.29 bits per heavy atom. The van der Waals surface area contributed by atoms with E-state index in [9.17, 15) is 8.78 Å². The van der Waals surface area contributed by atoms with E-state index in [4.69, 9.17) is 5.26 Å². The number of hydrogen-bond donors (Lipinski definition) is 0. The Kier molecular flexibility index (Phi) is 3.21. The summed E-state index contributed by atoms with van der Waals surface area (Å²) in [6.45, 7) is 0. The first-order chi connectivity index (χ1) is 3.27. The molecule has 0 spiro atoms. The molecule has 0 rings (SSSR count). The zero-order valence-electron chi connectivity index (χ0n) is 3.62. The molecule has 39 valence electrons. The van der Waals surface area contributed by atoms with Crippen LogP contribution in [0.4, 0.5) is 8.78 Å². The Morgan fingerprint density at radius 2 is 2.14 bits per heavy atom. The highest BCUT2D eigenvalue weighted by Crippen LogP contribution is 2.09. The Balaban J connectivity index is 2.86. The molecule has 1 nitrogen and oxygen atoms in total. The normalized spacial score (nSPS) is 8.86. The maximum atomic E-state index is 11.0. The zero-order valence-corrected chi connectivity index (χ0v) is 3.62. The van der Waals surface area contributed by atoms with Gasteiger partial charge in [0, 0.05) is 12.8 Å². The second-order valence-corrected chi connectivity index (χ2v) is 0.997. The van der Waals surface area contributed by atoms with E-state index >= 15 is 0 Å². The topological polar surface area (TPSA) is 23.8 Å². The smallest absolute Gasteiger partial charge is 0.200 e. The van der Waals surface area contributed by atoms with Crippen LogP contribution in [0.5, 0.6) is 0 Å². The predicted octanol–water partition coefficient (Wildman–Crippen LogP) is 1.72. The monoisotopic (exact) mass is 104 g/mol. The largest absolute Gasteiger partial charge is 0.311 e. The van der Waals surface area contributed by atoms with E-state index in [0.29, 0.717) is 0 Å². The number of rotatable bonds is 2. The third-order valence-electron chi connectivity index (χ3n) is 0.426. The molecule has 0 bridgehead atoms. The van der Waals surface area contributed by atoms with E-state index in [1.54, 1.807) is 6.07 Å². The van der Waals surface area contributed by atoms with Gasteiger partial charge in [-0.15, -0.1) is 0 Å². The van der Waals surface area contributed by atoms with Gasteiger partial charge in [-0.05, 0) is 0 Å². The summed E-state index contributed by atoms with van der Waals surface area (Å²) >= 11 is 0. The van der Waals surface area contributed by atoms with Crippen LogP contribution in [0.25, 0.3) is 0 Å². The van der Waals surface area contributed by atoms with Crippen molar-refractivity contribution in [1.82, 2.24) is 0 Å². The third kappa shape index (κ3) is 5.35. The van der Waals surface area contributed by atoms with Crippen molar-refractivity contribution in [3.8, 4) is 6.07 Å². The molecule has 0 heterocycles. The van der Waals surface area contributed by atoms with E-state index in [1.807, 2.05) is 0 Å². The van der Waals surface area contributed by atoms with Crippen molar-refractivity contribution in [2.24, 2.45) is 0 Å². The first-order valence-corrected chi connectivity index (χ1v) is 1.81. The Morgan fingerprint density at radius 1 is 1.57 bits per heavy atom. The molecule has 0 saturated heterocycles. The van der Waals surface area contributed by atoms with Gasteiger partial charge in [-0.1, -0.05) is 0 Å².